The maximum atomic E-state index is 12.0. The zero-order chi connectivity index (χ0) is 18.1. The van der Waals surface area contributed by atoms with Gasteiger partial charge in [0.15, 0.2) is 0 Å². The van der Waals surface area contributed by atoms with Crippen LogP contribution in [-0.4, -0.2) is 49.6 Å². The molecule has 1 aromatic carbocycles. The molecule has 138 valence electrons. The second-order valence-electron chi connectivity index (χ2n) is 6.19. The highest BCUT2D eigenvalue weighted by Gasteiger charge is 2.12. The van der Waals surface area contributed by atoms with Crippen LogP contribution in [0.1, 0.15) is 43.0 Å². The van der Waals surface area contributed by atoms with E-state index in [2.05, 4.69) is 20.9 Å². The number of benzene rings is 1. The van der Waals surface area contributed by atoms with Crippen LogP contribution in [0.5, 0.6) is 0 Å². The fourth-order valence-electron chi connectivity index (χ4n) is 2.90. The second kappa shape index (κ2) is 10.3. The van der Waals surface area contributed by atoms with Crippen LogP contribution in [0.4, 0.5) is 10.5 Å². The van der Waals surface area contributed by atoms with E-state index in [1.165, 1.54) is 25.7 Å². The van der Waals surface area contributed by atoms with Gasteiger partial charge in [-0.1, -0.05) is 24.4 Å². The summed E-state index contributed by atoms with van der Waals surface area (Å²) in [6.45, 7) is 6.08. The largest absolute Gasteiger partial charge is 0.352 e. The van der Waals surface area contributed by atoms with Gasteiger partial charge in [-0.25, -0.2) is 4.79 Å². The summed E-state index contributed by atoms with van der Waals surface area (Å²) in [5.74, 6) is -0.221. The molecule has 1 aliphatic heterocycles. The Balaban J connectivity index is 1.78. The SMILES string of the molecule is CCNC(=O)c1ccc(NC(=O)NCCN2CCCCCC2)cc1Cl. The number of carbonyl (C=O) groups is 2. The zero-order valence-corrected chi connectivity index (χ0v) is 15.5. The van der Waals surface area contributed by atoms with E-state index in [0.717, 1.165) is 19.6 Å². The summed E-state index contributed by atoms with van der Waals surface area (Å²) < 4.78 is 0. The molecule has 1 saturated heterocycles. The maximum Gasteiger partial charge on any atom is 0.319 e. The Morgan fingerprint density at radius 1 is 1.12 bits per heavy atom. The number of likely N-dealkylation sites (tertiary alicyclic amines) is 1. The van der Waals surface area contributed by atoms with Crippen LogP contribution in [0.2, 0.25) is 5.02 Å². The first kappa shape index (κ1) is 19.5. The summed E-state index contributed by atoms with van der Waals surface area (Å²) in [4.78, 5) is 26.2. The molecule has 1 aliphatic rings. The van der Waals surface area contributed by atoms with Gasteiger partial charge in [-0.2, -0.15) is 0 Å². The van der Waals surface area contributed by atoms with E-state index >= 15 is 0 Å². The summed E-state index contributed by atoms with van der Waals surface area (Å²) in [6, 6.07) is 4.60. The van der Waals surface area contributed by atoms with Crippen molar-refractivity contribution in [2.45, 2.75) is 32.6 Å². The fraction of sp³-hybridized carbons (Fsp3) is 0.556. The van der Waals surface area contributed by atoms with E-state index in [1.807, 2.05) is 6.92 Å². The normalized spacial score (nSPS) is 15.3. The molecule has 0 aromatic heterocycles. The molecule has 0 radical (unpaired) electrons. The van der Waals surface area contributed by atoms with Gasteiger partial charge in [0.2, 0.25) is 0 Å². The smallest absolute Gasteiger partial charge is 0.319 e. The molecule has 0 spiro atoms. The number of nitrogens with zero attached hydrogens (tertiary/aromatic N) is 1. The van der Waals surface area contributed by atoms with Crippen LogP contribution < -0.4 is 16.0 Å². The van der Waals surface area contributed by atoms with Crippen molar-refractivity contribution in [3.05, 3.63) is 28.8 Å². The minimum Gasteiger partial charge on any atom is -0.352 e. The van der Waals surface area contributed by atoms with Gasteiger partial charge in [-0.3, -0.25) is 4.79 Å². The lowest BCUT2D eigenvalue weighted by Crippen LogP contribution is -2.37. The van der Waals surface area contributed by atoms with Gasteiger partial charge in [0.25, 0.3) is 5.91 Å². The molecule has 0 atom stereocenters. The lowest BCUT2D eigenvalue weighted by Gasteiger charge is -2.19. The number of amides is 3. The van der Waals surface area contributed by atoms with Gasteiger partial charge in [-0.15, -0.1) is 0 Å². The Kier molecular flexibility index (Phi) is 8.01. The van der Waals surface area contributed by atoms with Crippen LogP contribution in [-0.2, 0) is 0 Å². The molecule has 1 heterocycles. The third-order valence-corrected chi connectivity index (χ3v) is 4.53. The summed E-state index contributed by atoms with van der Waals surface area (Å²) in [6.07, 6.45) is 5.08. The van der Waals surface area contributed by atoms with Crippen molar-refractivity contribution in [1.82, 2.24) is 15.5 Å². The van der Waals surface area contributed by atoms with E-state index in [-0.39, 0.29) is 11.9 Å². The number of hydrogen-bond donors (Lipinski definition) is 3. The summed E-state index contributed by atoms with van der Waals surface area (Å²) in [5.41, 5.74) is 0.959. The number of hydrogen-bond acceptors (Lipinski definition) is 3. The lowest BCUT2D eigenvalue weighted by molar-refractivity contribution is 0.0956. The Labute approximate surface area is 154 Å². The van der Waals surface area contributed by atoms with Crippen molar-refractivity contribution in [3.63, 3.8) is 0 Å². The number of rotatable bonds is 6. The average molecular weight is 367 g/mol. The van der Waals surface area contributed by atoms with Crippen molar-refractivity contribution >= 4 is 29.2 Å². The molecule has 0 bridgehead atoms. The predicted molar refractivity (Wildman–Crippen MR) is 101 cm³/mol. The van der Waals surface area contributed by atoms with Gasteiger partial charge in [-0.05, 0) is 51.1 Å². The lowest BCUT2D eigenvalue weighted by atomic mass is 10.2. The molecule has 2 rings (SSSR count). The highest BCUT2D eigenvalue weighted by atomic mass is 35.5. The van der Waals surface area contributed by atoms with Crippen LogP contribution in [0.25, 0.3) is 0 Å². The molecule has 25 heavy (non-hydrogen) atoms. The van der Waals surface area contributed by atoms with Crippen LogP contribution in [0.3, 0.4) is 0 Å². The first-order valence-corrected chi connectivity index (χ1v) is 9.33. The minimum atomic E-state index is -0.267. The average Bonchev–Trinajstić information content (AvgIpc) is 2.84. The summed E-state index contributed by atoms with van der Waals surface area (Å²) in [7, 11) is 0. The molecule has 3 amide bonds. The van der Waals surface area contributed by atoms with E-state index in [0.29, 0.717) is 29.4 Å². The number of halogens is 1. The van der Waals surface area contributed by atoms with Gasteiger partial charge < -0.3 is 20.9 Å². The Bertz CT molecular complexity index is 586. The number of nitrogens with one attached hydrogen (secondary N) is 3. The molecule has 0 aliphatic carbocycles. The third kappa shape index (κ3) is 6.55. The first-order valence-electron chi connectivity index (χ1n) is 8.95. The van der Waals surface area contributed by atoms with Gasteiger partial charge in [0.1, 0.15) is 0 Å². The Morgan fingerprint density at radius 3 is 2.48 bits per heavy atom. The first-order chi connectivity index (χ1) is 12.1. The highest BCUT2D eigenvalue weighted by molar-refractivity contribution is 6.34. The molecule has 3 N–H and O–H groups in total. The van der Waals surface area contributed by atoms with E-state index in [4.69, 9.17) is 11.6 Å². The Hall–Kier alpha value is -1.79. The van der Waals surface area contributed by atoms with Gasteiger partial charge in [0, 0.05) is 25.3 Å². The molecular weight excluding hydrogens is 340 g/mol. The van der Waals surface area contributed by atoms with Gasteiger partial charge in [0.05, 0.1) is 10.6 Å². The van der Waals surface area contributed by atoms with E-state index in [1.54, 1.807) is 18.2 Å². The second-order valence-corrected chi connectivity index (χ2v) is 6.60. The molecule has 0 unspecified atom stereocenters. The van der Waals surface area contributed by atoms with Crippen molar-refractivity contribution in [2.75, 3.05) is 38.0 Å². The van der Waals surface area contributed by atoms with Gasteiger partial charge >= 0.3 is 6.03 Å². The number of urea groups is 1. The topological polar surface area (TPSA) is 73.5 Å². The van der Waals surface area contributed by atoms with Crippen molar-refractivity contribution in [2.24, 2.45) is 0 Å². The molecule has 7 heteroatoms. The quantitative estimate of drug-likeness (QED) is 0.724. The third-order valence-electron chi connectivity index (χ3n) is 4.22. The van der Waals surface area contributed by atoms with Crippen molar-refractivity contribution in [1.29, 1.82) is 0 Å². The van der Waals surface area contributed by atoms with Crippen molar-refractivity contribution < 1.29 is 9.59 Å². The standard InChI is InChI=1S/C18H27ClN4O2/c1-2-20-17(24)15-8-7-14(13-16(15)19)22-18(25)21-9-12-23-10-5-3-4-6-11-23/h7-8,13H,2-6,9-12H2,1H3,(H,20,24)(H2,21,22,25). The van der Waals surface area contributed by atoms with Crippen LogP contribution >= 0.6 is 11.6 Å². The molecular formula is C18H27ClN4O2. The van der Waals surface area contributed by atoms with Crippen LogP contribution in [0.15, 0.2) is 18.2 Å². The summed E-state index contributed by atoms with van der Waals surface area (Å²) >= 11 is 6.13. The van der Waals surface area contributed by atoms with E-state index < -0.39 is 0 Å². The highest BCUT2D eigenvalue weighted by Crippen LogP contribution is 2.21. The molecule has 1 fully saturated rings. The Morgan fingerprint density at radius 2 is 1.84 bits per heavy atom. The summed E-state index contributed by atoms with van der Waals surface area (Å²) in [5, 5.41) is 8.62. The van der Waals surface area contributed by atoms with E-state index in [9.17, 15) is 9.59 Å². The molecule has 0 saturated carbocycles. The molecule has 6 nitrogen and oxygen atoms in total. The number of carbonyl (C=O) groups excluding carboxylic acids is 2. The minimum absolute atomic E-state index is 0.221. The molecule has 1 aromatic rings. The van der Waals surface area contributed by atoms with Crippen molar-refractivity contribution in [3.8, 4) is 0 Å². The predicted octanol–water partition coefficient (Wildman–Crippen LogP) is 3.09. The number of anilines is 1. The fourth-order valence-corrected chi connectivity index (χ4v) is 3.16. The zero-order valence-electron chi connectivity index (χ0n) is 14.7. The maximum absolute atomic E-state index is 12.0. The van der Waals surface area contributed by atoms with Crippen LogP contribution in [0, 0.1) is 0 Å². The monoisotopic (exact) mass is 366 g/mol.